The van der Waals surface area contributed by atoms with Crippen LogP contribution in [0.1, 0.15) is 37.7 Å². The number of nitrogens with zero attached hydrogens (tertiary/aromatic N) is 1. The molecule has 0 aliphatic carbocycles. The Morgan fingerprint density at radius 1 is 0.907 bits per heavy atom. The first-order valence-corrected chi connectivity index (χ1v) is 14.2. The van der Waals surface area contributed by atoms with E-state index in [2.05, 4.69) is 29.7 Å². The van der Waals surface area contributed by atoms with Crippen molar-refractivity contribution >= 4 is 40.0 Å². The number of furan rings is 1. The number of likely N-dealkylation sites (N-methyl/N-ethyl adjacent to an activating group) is 1. The predicted molar refractivity (Wildman–Crippen MR) is 166 cm³/mol. The van der Waals surface area contributed by atoms with Crippen molar-refractivity contribution in [2.24, 2.45) is 0 Å². The van der Waals surface area contributed by atoms with Gasteiger partial charge < -0.3 is 24.5 Å². The Morgan fingerprint density at radius 2 is 1.60 bits per heavy atom. The van der Waals surface area contributed by atoms with E-state index in [0.29, 0.717) is 29.0 Å². The minimum atomic E-state index is -1.36. The molecular formula is C34H37N3O6. The van der Waals surface area contributed by atoms with Gasteiger partial charge in [0.15, 0.2) is 6.61 Å². The number of para-hydroxylation sites is 2. The summed E-state index contributed by atoms with van der Waals surface area (Å²) in [6.45, 7) is 7.76. The third kappa shape index (κ3) is 7.82. The smallest absolute Gasteiger partial charge is 0.418 e. The van der Waals surface area contributed by atoms with Gasteiger partial charge in [-0.2, -0.15) is 0 Å². The van der Waals surface area contributed by atoms with Gasteiger partial charge in [0.1, 0.15) is 16.9 Å². The quantitative estimate of drug-likeness (QED) is 0.209. The molecule has 5 aromatic rings. The van der Waals surface area contributed by atoms with E-state index in [0.717, 1.165) is 10.8 Å². The van der Waals surface area contributed by atoms with Gasteiger partial charge >= 0.3 is 12.2 Å². The van der Waals surface area contributed by atoms with Crippen LogP contribution in [0.25, 0.3) is 21.9 Å². The molecule has 2 aromatic heterocycles. The van der Waals surface area contributed by atoms with Crippen LogP contribution in [0.3, 0.4) is 0 Å². The van der Waals surface area contributed by atoms with E-state index in [-0.39, 0.29) is 25.5 Å². The van der Waals surface area contributed by atoms with E-state index in [1.165, 1.54) is 10.1 Å². The van der Waals surface area contributed by atoms with Gasteiger partial charge in [0.05, 0.1) is 12.1 Å². The highest BCUT2D eigenvalue weighted by atomic mass is 16.6. The summed E-state index contributed by atoms with van der Waals surface area (Å²) < 4.78 is 17.7. The molecule has 0 saturated heterocycles. The second-order valence-electron chi connectivity index (χ2n) is 10.2. The Kier molecular flexibility index (Phi) is 10.2. The van der Waals surface area contributed by atoms with E-state index in [1.54, 1.807) is 39.1 Å². The lowest BCUT2D eigenvalue weighted by molar-refractivity contribution is -0.126. The molecule has 9 nitrogen and oxygen atoms in total. The Labute approximate surface area is 250 Å². The topological polar surface area (TPSA) is 112 Å². The number of fused-ring (bicyclic) bond motifs is 2. The number of aromatic nitrogens is 1. The molecule has 1 atom stereocenters. The van der Waals surface area contributed by atoms with Crippen molar-refractivity contribution in [2.45, 2.75) is 46.3 Å². The van der Waals surface area contributed by atoms with E-state index < -0.39 is 17.7 Å². The van der Waals surface area contributed by atoms with Crippen molar-refractivity contribution in [3.8, 4) is 0 Å². The van der Waals surface area contributed by atoms with Crippen molar-refractivity contribution in [3.05, 3.63) is 108 Å². The Morgan fingerprint density at radius 3 is 2.28 bits per heavy atom. The molecule has 2 amide bonds. The zero-order valence-corrected chi connectivity index (χ0v) is 24.9. The zero-order chi connectivity index (χ0) is 30.8. The number of hydrogen-bond donors (Lipinski definition) is 2. The fourth-order valence-corrected chi connectivity index (χ4v) is 4.69. The molecule has 0 unspecified atom stereocenters. The number of alkyl carbamates (subject to hydrolysis) is 1. The van der Waals surface area contributed by atoms with Crippen LogP contribution in [0.4, 0.5) is 9.59 Å². The number of amides is 2. The first-order valence-electron chi connectivity index (χ1n) is 14.2. The maximum absolute atomic E-state index is 13.1. The third-order valence-corrected chi connectivity index (χ3v) is 6.78. The second kappa shape index (κ2) is 14.2. The molecule has 0 fully saturated rings. The van der Waals surface area contributed by atoms with E-state index >= 15 is 0 Å². The Bertz CT molecular complexity index is 1660. The largest absolute Gasteiger partial charge is 0.457 e. The highest BCUT2D eigenvalue weighted by Gasteiger charge is 2.36. The van der Waals surface area contributed by atoms with Crippen LogP contribution in [0.2, 0.25) is 0 Å². The van der Waals surface area contributed by atoms with Crippen molar-refractivity contribution in [1.82, 2.24) is 15.2 Å². The molecule has 0 bridgehead atoms. The maximum Gasteiger partial charge on any atom is 0.418 e. The standard InChI is InChI=1S/C27H29N3O6.C7H8/c1-4-28-24(31)27(3,29-25(32)35-17-20-14-18-10-6-9-13-23(18)36-20)15-19-16-30(26(33)34-5-2)22-12-8-7-11-21(19)22;1-7-5-3-2-4-6-7/h6-14,16H,4-5,15,17H2,1-3H3,(H,28,31)(H,29,32);2-6H,1H3/t27-;/m1./s1. The first-order chi connectivity index (χ1) is 20.7. The van der Waals surface area contributed by atoms with Gasteiger partial charge in [-0.05, 0) is 51.5 Å². The average molecular weight is 584 g/mol. The molecule has 5 rings (SSSR count). The number of carbonyl (C=O) groups is 3. The predicted octanol–water partition coefficient (Wildman–Crippen LogP) is 6.75. The third-order valence-electron chi connectivity index (χ3n) is 6.78. The van der Waals surface area contributed by atoms with Gasteiger partial charge in [0, 0.05) is 29.9 Å². The Balaban J connectivity index is 0.000000530. The van der Waals surface area contributed by atoms with Gasteiger partial charge in [-0.25, -0.2) is 9.59 Å². The highest BCUT2D eigenvalue weighted by Crippen LogP contribution is 2.26. The minimum Gasteiger partial charge on any atom is -0.457 e. The molecule has 3 aromatic carbocycles. The molecule has 43 heavy (non-hydrogen) atoms. The van der Waals surface area contributed by atoms with Gasteiger partial charge in [0.2, 0.25) is 5.91 Å². The van der Waals surface area contributed by atoms with Crippen LogP contribution in [0, 0.1) is 6.92 Å². The first kappa shape index (κ1) is 30.9. The molecule has 2 heterocycles. The summed E-state index contributed by atoms with van der Waals surface area (Å²) in [5.41, 5.74) is 2.01. The molecule has 0 radical (unpaired) electrons. The lowest BCUT2D eigenvalue weighted by Crippen LogP contribution is -2.58. The summed E-state index contributed by atoms with van der Waals surface area (Å²) >= 11 is 0. The normalized spacial score (nSPS) is 12.1. The van der Waals surface area contributed by atoms with Gasteiger partial charge in [-0.1, -0.05) is 72.3 Å². The number of rotatable bonds is 8. The van der Waals surface area contributed by atoms with Crippen molar-refractivity contribution in [1.29, 1.82) is 0 Å². The van der Waals surface area contributed by atoms with E-state index in [4.69, 9.17) is 13.9 Å². The molecular weight excluding hydrogens is 546 g/mol. The average Bonchev–Trinajstić information content (AvgIpc) is 3.58. The molecule has 0 saturated carbocycles. The van der Waals surface area contributed by atoms with Crippen LogP contribution in [0.15, 0.2) is 95.5 Å². The molecule has 0 spiro atoms. The summed E-state index contributed by atoms with van der Waals surface area (Å²) in [6.07, 6.45) is 0.476. The summed E-state index contributed by atoms with van der Waals surface area (Å²) in [4.78, 5) is 38.4. The van der Waals surface area contributed by atoms with Crippen LogP contribution in [-0.4, -0.2) is 41.4 Å². The van der Waals surface area contributed by atoms with Crippen LogP contribution < -0.4 is 10.6 Å². The monoisotopic (exact) mass is 583 g/mol. The van der Waals surface area contributed by atoms with Crippen LogP contribution in [-0.2, 0) is 27.3 Å². The van der Waals surface area contributed by atoms with Gasteiger partial charge in [0.25, 0.3) is 0 Å². The van der Waals surface area contributed by atoms with Crippen LogP contribution in [0.5, 0.6) is 0 Å². The van der Waals surface area contributed by atoms with Gasteiger partial charge in [-0.15, -0.1) is 0 Å². The number of aryl methyl sites for hydroxylation is 1. The van der Waals surface area contributed by atoms with E-state index in [9.17, 15) is 14.4 Å². The summed E-state index contributed by atoms with van der Waals surface area (Å²) in [5, 5.41) is 7.17. The summed E-state index contributed by atoms with van der Waals surface area (Å²) in [5.74, 6) is 0.113. The fourth-order valence-electron chi connectivity index (χ4n) is 4.69. The van der Waals surface area contributed by atoms with Crippen molar-refractivity contribution in [2.75, 3.05) is 13.2 Å². The summed E-state index contributed by atoms with van der Waals surface area (Å²) in [7, 11) is 0. The van der Waals surface area contributed by atoms with Crippen LogP contribution >= 0.6 is 0 Å². The zero-order valence-electron chi connectivity index (χ0n) is 24.9. The SMILES string of the molecule is CCNC(=O)[C@@](C)(Cc1cn(C(=O)OCC)c2ccccc12)NC(=O)OCc1cc2ccccc2o1.Cc1ccccc1. The van der Waals surface area contributed by atoms with Gasteiger partial charge in [-0.3, -0.25) is 9.36 Å². The van der Waals surface area contributed by atoms with Crippen molar-refractivity contribution < 1.29 is 28.3 Å². The lowest BCUT2D eigenvalue weighted by atomic mass is 9.91. The van der Waals surface area contributed by atoms with E-state index in [1.807, 2.05) is 60.7 Å². The second-order valence-corrected chi connectivity index (χ2v) is 10.2. The maximum atomic E-state index is 13.1. The number of hydrogen-bond acceptors (Lipinski definition) is 6. The molecule has 0 aliphatic rings. The number of ether oxygens (including phenoxy) is 2. The number of nitrogens with one attached hydrogen (secondary N) is 2. The molecule has 2 N–H and O–H groups in total. The molecule has 9 heteroatoms. The lowest BCUT2D eigenvalue weighted by Gasteiger charge is -2.29. The highest BCUT2D eigenvalue weighted by molar-refractivity contribution is 5.94. The Hall–Kier alpha value is -5.05. The number of carbonyl (C=O) groups excluding carboxylic acids is 3. The van der Waals surface area contributed by atoms with Crippen molar-refractivity contribution in [3.63, 3.8) is 0 Å². The number of benzene rings is 3. The minimum absolute atomic E-state index is 0.0891. The molecule has 0 aliphatic heterocycles. The summed E-state index contributed by atoms with van der Waals surface area (Å²) in [6, 6.07) is 26.9. The fraction of sp³-hybridized carbons (Fsp3) is 0.265. The molecule has 224 valence electrons.